The standard InChI is InChI=1S/C20H19ClN2O/c1-15-5-4-6-16(13-15)19(23-11-2-3-12-23)14-20(24)22-18-9-7-17(21)8-10-18/h2-13,19H,14H2,1H3,(H,22,24). The molecule has 0 fully saturated rings. The van der Waals surface area contributed by atoms with E-state index in [0.29, 0.717) is 11.4 Å². The fourth-order valence-electron chi connectivity index (χ4n) is 2.75. The lowest BCUT2D eigenvalue weighted by Crippen LogP contribution is -2.19. The van der Waals surface area contributed by atoms with Crippen LogP contribution in [0.5, 0.6) is 0 Å². The van der Waals surface area contributed by atoms with E-state index in [-0.39, 0.29) is 11.9 Å². The van der Waals surface area contributed by atoms with Crippen molar-refractivity contribution in [1.82, 2.24) is 4.57 Å². The number of benzene rings is 2. The molecule has 1 amide bonds. The van der Waals surface area contributed by atoms with Crippen molar-refractivity contribution in [2.24, 2.45) is 0 Å². The zero-order chi connectivity index (χ0) is 16.9. The second-order valence-corrected chi connectivity index (χ2v) is 6.26. The fraction of sp³-hybridized carbons (Fsp3) is 0.150. The molecule has 0 aliphatic heterocycles. The molecule has 0 saturated heterocycles. The molecule has 0 aliphatic carbocycles. The molecule has 0 bridgehead atoms. The highest BCUT2D eigenvalue weighted by Crippen LogP contribution is 2.24. The average molecular weight is 339 g/mol. The Hall–Kier alpha value is -2.52. The van der Waals surface area contributed by atoms with Crippen LogP contribution in [-0.2, 0) is 4.79 Å². The Morgan fingerprint density at radius 3 is 2.46 bits per heavy atom. The molecular weight excluding hydrogens is 320 g/mol. The van der Waals surface area contributed by atoms with Gasteiger partial charge in [-0.2, -0.15) is 0 Å². The van der Waals surface area contributed by atoms with Crippen LogP contribution in [0.15, 0.2) is 73.1 Å². The summed E-state index contributed by atoms with van der Waals surface area (Å²) in [4.78, 5) is 12.5. The molecular formula is C20H19ClN2O. The van der Waals surface area contributed by atoms with Crippen molar-refractivity contribution >= 4 is 23.2 Å². The molecule has 1 aromatic heterocycles. The number of rotatable bonds is 5. The van der Waals surface area contributed by atoms with Gasteiger partial charge in [-0.1, -0.05) is 41.4 Å². The number of amides is 1. The van der Waals surface area contributed by atoms with Crippen LogP contribution in [0.1, 0.15) is 23.6 Å². The van der Waals surface area contributed by atoms with E-state index in [4.69, 9.17) is 11.6 Å². The first-order valence-corrected chi connectivity index (χ1v) is 8.24. The molecule has 0 aliphatic rings. The van der Waals surface area contributed by atoms with Crippen LogP contribution in [-0.4, -0.2) is 10.5 Å². The van der Waals surface area contributed by atoms with E-state index >= 15 is 0 Å². The first-order chi connectivity index (χ1) is 11.6. The largest absolute Gasteiger partial charge is 0.346 e. The molecule has 3 nitrogen and oxygen atoms in total. The normalized spacial score (nSPS) is 11.9. The number of carbonyl (C=O) groups excluding carboxylic acids is 1. The summed E-state index contributed by atoms with van der Waals surface area (Å²) in [5, 5.41) is 3.59. The predicted molar refractivity (Wildman–Crippen MR) is 98.4 cm³/mol. The summed E-state index contributed by atoms with van der Waals surface area (Å²) in [6.07, 6.45) is 4.34. The van der Waals surface area contributed by atoms with Crippen LogP contribution in [0, 0.1) is 6.92 Å². The Morgan fingerprint density at radius 1 is 1.08 bits per heavy atom. The van der Waals surface area contributed by atoms with Crippen LogP contribution in [0.25, 0.3) is 0 Å². The van der Waals surface area contributed by atoms with Crippen LogP contribution in [0.4, 0.5) is 5.69 Å². The number of nitrogens with zero attached hydrogens (tertiary/aromatic N) is 1. The average Bonchev–Trinajstić information content (AvgIpc) is 3.09. The van der Waals surface area contributed by atoms with Gasteiger partial charge in [-0.25, -0.2) is 0 Å². The second kappa shape index (κ2) is 7.37. The SMILES string of the molecule is Cc1cccc(C(CC(=O)Nc2ccc(Cl)cc2)n2cccc2)c1. The van der Waals surface area contributed by atoms with Crippen molar-refractivity contribution in [2.75, 3.05) is 5.32 Å². The molecule has 122 valence electrons. The van der Waals surface area contributed by atoms with Gasteiger partial charge in [0.1, 0.15) is 0 Å². The summed E-state index contributed by atoms with van der Waals surface area (Å²) in [5.41, 5.74) is 3.06. The van der Waals surface area contributed by atoms with Crippen molar-refractivity contribution < 1.29 is 4.79 Å². The molecule has 1 atom stereocenters. The third-order valence-corrected chi connectivity index (χ3v) is 4.17. The Balaban J connectivity index is 1.79. The molecule has 1 N–H and O–H groups in total. The summed E-state index contributed by atoms with van der Waals surface area (Å²) in [6, 6.07) is 19.3. The fourth-order valence-corrected chi connectivity index (χ4v) is 2.88. The summed E-state index contributed by atoms with van der Waals surface area (Å²) >= 11 is 5.88. The third-order valence-electron chi connectivity index (χ3n) is 3.92. The van der Waals surface area contributed by atoms with Gasteiger partial charge in [-0.05, 0) is 48.9 Å². The monoisotopic (exact) mass is 338 g/mol. The van der Waals surface area contributed by atoms with Gasteiger partial charge in [-0.15, -0.1) is 0 Å². The smallest absolute Gasteiger partial charge is 0.226 e. The van der Waals surface area contributed by atoms with Gasteiger partial charge in [0.2, 0.25) is 5.91 Å². The molecule has 0 spiro atoms. The zero-order valence-corrected chi connectivity index (χ0v) is 14.2. The number of anilines is 1. The summed E-state index contributed by atoms with van der Waals surface area (Å²) in [5.74, 6) is -0.0301. The van der Waals surface area contributed by atoms with E-state index in [9.17, 15) is 4.79 Å². The minimum absolute atomic E-state index is 0.0301. The molecule has 2 aromatic carbocycles. The van der Waals surface area contributed by atoms with E-state index in [0.717, 1.165) is 11.3 Å². The highest BCUT2D eigenvalue weighted by molar-refractivity contribution is 6.30. The Bertz CT molecular complexity index is 810. The number of aromatic nitrogens is 1. The maximum absolute atomic E-state index is 12.5. The molecule has 4 heteroatoms. The second-order valence-electron chi connectivity index (χ2n) is 5.82. The van der Waals surface area contributed by atoms with Crippen molar-refractivity contribution in [1.29, 1.82) is 0 Å². The molecule has 24 heavy (non-hydrogen) atoms. The topological polar surface area (TPSA) is 34.0 Å². The van der Waals surface area contributed by atoms with Crippen LogP contribution in [0.3, 0.4) is 0 Å². The molecule has 0 radical (unpaired) electrons. The van der Waals surface area contributed by atoms with Gasteiger partial charge in [0, 0.05) is 23.1 Å². The van der Waals surface area contributed by atoms with Gasteiger partial charge in [0.15, 0.2) is 0 Å². The zero-order valence-electron chi connectivity index (χ0n) is 13.4. The summed E-state index contributed by atoms with van der Waals surface area (Å²) in [7, 11) is 0. The molecule has 0 saturated carbocycles. The number of carbonyl (C=O) groups is 1. The van der Waals surface area contributed by atoms with Gasteiger partial charge in [0.05, 0.1) is 12.5 Å². The quantitative estimate of drug-likeness (QED) is 0.692. The number of hydrogen-bond donors (Lipinski definition) is 1. The number of nitrogens with one attached hydrogen (secondary N) is 1. The minimum atomic E-state index is -0.0350. The van der Waals surface area contributed by atoms with E-state index in [1.807, 2.05) is 30.6 Å². The number of hydrogen-bond acceptors (Lipinski definition) is 1. The third kappa shape index (κ3) is 4.06. The van der Waals surface area contributed by atoms with Crippen LogP contribution >= 0.6 is 11.6 Å². The Morgan fingerprint density at radius 2 is 1.79 bits per heavy atom. The highest BCUT2D eigenvalue weighted by Gasteiger charge is 2.17. The van der Waals surface area contributed by atoms with Crippen molar-refractivity contribution in [3.05, 3.63) is 89.2 Å². The lowest BCUT2D eigenvalue weighted by atomic mass is 10.0. The van der Waals surface area contributed by atoms with Gasteiger partial charge < -0.3 is 9.88 Å². The van der Waals surface area contributed by atoms with E-state index in [1.54, 1.807) is 24.3 Å². The minimum Gasteiger partial charge on any atom is -0.346 e. The maximum Gasteiger partial charge on any atom is 0.226 e. The van der Waals surface area contributed by atoms with Gasteiger partial charge >= 0.3 is 0 Å². The molecule has 3 aromatic rings. The maximum atomic E-state index is 12.5. The van der Waals surface area contributed by atoms with E-state index in [1.165, 1.54) is 5.56 Å². The van der Waals surface area contributed by atoms with E-state index in [2.05, 4.69) is 35.0 Å². The first kappa shape index (κ1) is 16.3. The van der Waals surface area contributed by atoms with Gasteiger partial charge in [0.25, 0.3) is 0 Å². The lowest BCUT2D eigenvalue weighted by molar-refractivity contribution is -0.116. The van der Waals surface area contributed by atoms with E-state index < -0.39 is 0 Å². The molecule has 1 unspecified atom stereocenters. The van der Waals surface area contributed by atoms with Crippen LogP contribution in [0.2, 0.25) is 5.02 Å². The lowest BCUT2D eigenvalue weighted by Gasteiger charge is -2.20. The van der Waals surface area contributed by atoms with Crippen LogP contribution < -0.4 is 5.32 Å². The first-order valence-electron chi connectivity index (χ1n) is 7.86. The number of aryl methyl sites for hydroxylation is 1. The molecule has 3 rings (SSSR count). The Labute approximate surface area is 146 Å². The molecule has 1 heterocycles. The van der Waals surface area contributed by atoms with Gasteiger partial charge in [-0.3, -0.25) is 4.79 Å². The van der Waals surface area contributed by atoms with Crippen molar-refractivity contribution in [2.45, 2.75) is 19.4 Å². The summed E-state index contributed by atoms with van der Waals surface area (Å²) in [6.45, 7) is 2.06. The highest BCUT2D eigenvalue weighted by atomic mass is 35.5. The van der Waals surface area contributed by atoms with Crippen molar-refractivity contribution in [3.63, 3.8) is 0 Å². The number of halogens is 1. The Kier molecular flexibility index (Phi) is 5.02. The predicted octanol–water partition coefficient (Wildman–Crippen LogP) is 5.07. The van der Waals surface area contributed by atoms with Crippen molar-refractivity contribution in [3.8, 4) is 0 Å². The summed E-state index contributed by atoms with van der Waals surface area (Å²) < 4.78 is 2.07.